The maximum Gasteiger partial charge on any atom is 0.149 e. The van der Waals surface area contributed by atoms with Gasteiger partial charge in [-0.3, -0.25) is 4.79 Å². The number of hydrogen-bond acceptors (Lipinski definition) is 2. The monoisotopic (exact) mass is 185 g/mol. The lowest BCUT2D eigenvalue weighted by Gasteiger charge is -2.04. The second-order valence-electron chi connectivity index (χ2n) is 2.84. The molecule has 0 bridgehead atoms. The molecule has 0 atom stereocenters. The first-order valence-corrected chi connectivity index (χ1v) is 3.73. The van der Waals surface area contributed by atoms with E-state index < -0.39 is 11.6 Å². The number of carbonyl (C=O) groups is 1. The van der Waals surface area contributed by atoms with Crippen LogP contribution in [-0.2, 0) is 11.2 Å². The van der Waals surface area contributed by atoms with E-state index in [1.54, 1.807) is 0 Å². The van der Waals surface area contributed by atoms with Gasteiger partial charge in [-0.1, -0.05) is 0 Å². The third-order valence-electron chi connectivity index (χ3n) is 1.62. The fraction of sp³-hybridized carbons (Fsp3) is 0.222. The summed E-state index contributed by atoms with van der Waals surface area (Å²) in [6.07, 6.45) is -0.0412. The summed E-state index contributed by atoms with van der Waals surface area (Å²) in [5.74, 6) is -1.73. The third-order valence-corrected chi connectivity index (χ3v) is 1.62. The lowest BCUT2D eigenvalue weighted by molar-refractivity contribution is -0.116. The zero-order valence-corrected chi connectivity index (χ0v) is 7.10. The third kappa shape index (κ3) is 2.24. The van der Waals surface area contributed by atoms with Crippen LogP contribution in [0.4, 0.5) is 14.5 Å². The molecule has 1 aromatic rings. The van der Waals surface area contributed by atoms with Crippen molar-refractivity contribution in [2.24, 2.45) is 0 Å². The van der Waals surface area contributed by atoms with Crippen LogP contribution in [0.2, 0.25) is 0 Å². The lowest BCUT2D eigenvalue weighted by Crippen LogP contribution is -2.04. The summed E-state index contributed by atoms with van der Waals surface area (Å²) in [5, 5.41) is 0. The number of ketones is 1. The summed E-state index contributed by atoms with van der Waals surface area (Å²) in [6.45, 7) is 1.34. The maximum absolute atomic E-state index is 12.8. The van der Waals surface area contributed by atoms with E-state index >= 15 is 0 Å². The van der Waals surface area contributed by atoms with Crippen LogP contribution in [0.25, 0.3) is 0 Å². The van der Waals surface area contributed by atoms with E-state index in [-0.39, 0.29) is 23.5 Å². The molecular formula is C9H9F2NO. The topological polar surface area (TPSA) is 43.1 Å². The Labute approximate surface area is 74.4 Å². The van der Waals surface area contributed by atoms with E-state index in [4.69, 9.17) is 5.73 Å². The summed E-state index contributed by atoms with van der Waals surface area (Å²) in [7, 11) is 0. The van der Waals surface area contributed by atoms with Crippen LogP contribution in [0, 0.1) is 11.6 Å². The first kappa shape index (κ1) is 9.64. The van der Waals surface area contributed by atoms with Gasteiger partial charge >= 0.3 is 0 Å². The van der Waals surface area contributed by atoms with E-state index in [2.05, 4.69) is 0 Å². The smallest absolute Gasteiger partial charge is 0.149 e. The number of carbonyl (C=O) groups excluding carboxylic acids is 1. The molecule has 2 nitrogen and oxygen atoms in total. The molecule has 0 aliphatic carbocycles. The highest BCUT2D eigenvalue weighted by Gasteiger charge is 2.09. The van der Waals surface area contributed by atoms with Gasteiger partial charge in [0.05, 0.1) is 5.69 Å². The highest BCUT2D eigenvalue weighted by Crippen LogP contribution is 2.18. The Hall–Kier alpha value is -1.45. The summed E-state index contributed by atoms with van der Waals surface area (Å²) in [6, 6.07) is 1.76. The highest BCUT2D eigenvalue weighted by atomic mass is 19.1. The van der Waals surface area contributed by atoms with Crippen LogP contribution in [0.3, 0.4) is 0 Å². The van der Waals surface area contributed by atoms with Gasteiger partial charge in [-0.15, -0.1) is 0 Å². The van der Waals surface area contributed by atoms with Crippen LogP contribution in [-0.4, -0.2) is 5.78 Å². The molecule has 0 aliphatic rings. The van der Waals surface area contributed by atoms with Crippen molar-refractivity contribution in [1.82, 2.24) is 0 Å². The molecule has 0 spiro atoms. The molecule has 0 saturated carbocycles. The fourth-order valence-electron chi connectivity index (χ4n) is 1.05. The van der Waals surface area contributed by atoms with Crippen molar-refractivity contribution < 1.29 is 13.6 Å². The van der Waals surface area contributed by atoms with Gasteiger partial charge in [0.15, 0.2) is 0 Å². The summed E-state index contributed by atoms with van der Waals surface area (Å²) < 4.78 is 25.5. The van der Waals surface area contributed by atoms with Crippen LogP contribution >= 0.6 is 0 Å². The molecule has 0 amide bonds. The minimum atomic E-state index is -0.823. The molecular weight excluding hydrogens is 176 g/mol. The van der Waals surface area contributed by atoms with Crippen molar-refractivity contribution in [3.63, 3.8) is 0 Å². The fourth-order valence-corrected chi connectivity index (χ4v) is 1.05. The minimum absolute atomic E-state index is 0.0412. The van der Waals surface area contributed by atoms with Crippen molar-refractivity contribution in [2.45, 2.75) is 13.3 Å². The molecule has 0 saturated heterocycles. The Kier molecular flexibility index (Phi) is 2.60. The molecule has 1 aromatic carbocycles. The Morgan fingerprint density at radius 3 is 2.62 bits per heavy atom. The van der Waals surface area contributed by atoms with Crippen molar-refractivity contribution in [2.75, 3.05) is 5.73 Å². The van der Waals surface area contributed by atoms with Gasteiger partial charge in [0.25, 0.3) is 0 Å². The number of anilines is 1. The molecule has 0 radical (unpaired) electrons. The number of Topliss-reactive ketones (excluding diaryl/α,β-unsaturated/α-hetero) is 1. The van der Waals surface area contributed by atoms with Crippen LogP contribution in [0.1, 0.15) is 12.5 Å². The largest absolute Gasteiger partial charge is 0.396 e. The van der Waals surface area contributed by atoms with Crippen LogP contribution < -0.4 is 5.73 Å². The van der Waals surface area contributed by atoms with E-state index in [1.165, 1.54) is 6.92 Å². The average molecular weight is 185 g/mol. The van der Waals surface area contributed by atoms with Crippen LogP contribution in [0.5, 0.6) is 0 Å². The van der Waals surface area contributed by atoms with Crippen molar-refractivity contribution in [3.8, 4) is 0 Å². The SMILES string of the molecule is CC(=O)Cc1cc(F)cc(F)c1N. The van der Waals surface area contributed by atoms with E-state index in [1.807, 2.05) is 0 Å². The molecule has 0 aromatic heterocycles. The standard InChI is InChI=1S/C9H9F2NO/c1-5(13)2-6-3-7(10)4-8(11)9(6)12/h3-4H,2,12H2,1H3. The van der Waals surface area contributed by atoms with Gasteiger partial charge in [0.1, 0.15) is 17.4 Å². The zero-order chi connectivity index (χ0) is 10.0. The molecule has 0 fully saturated rings. The first-order chi connectivity index (χ1) is 6.00. The molecule has 0 unspecified atom stereocenters. The average Bonchev–Trinajstić information content (AvgIpc) is 1.98. The molecule has 2 N–H and O–H groups in total. The van der Waals surface area contributed by atoms with E-state index in [0.717, 1.165) is 6.07 Å². The maximum atomic E-state index is 12.8. The Bertz CT molecular complexity index is 350. The second kappa shape index (κ2) is 3.51. The second-order valence-corrected chi connectivity index (χ2v) is 2.84. The van der Waals surface area contributed by atoms with Gasteiger partial charge < -0.3 is 5.73 Å². The van der Waals surface area contributed by atoms with E-state index in [0.29, 0.717) is 6.07 Å². The summed E-state index contributed by atoms with van der Waals surface area (Å²) >= 11 is 0. The van der Waals surface area contributed by atoms with Crippen LogP contribution in [0.15, 0.2) is 12.1 Å². The zero-order valence-electron chi connectivity index (χ0n) is 7.10. The molecule has 1 rings (SSSR count). The van der Waals surface area contributed by atoms with Gasteiger partial charge in [-0.2, -0.15) is 0 Å². The molecule has 0 aliphatic heterocycles. The van der Waals surface area contributed by atoms with Gasteiger partial charge in [-0.25, -0.2) is 8.78 Å². The molecule has 0 heterocycles. The lowest BCUT2D eigenvalue weighted by atomic mass is 10.1. The van der Waals surface area contributed by atoms with E-state index in [9.17, 15) is 13.6 Å². The van der Waals surface area contributed by atoms with Gasteiger partial charge in [-0.05, 0) is 18.6 Å². The van der Waals surface area contributed by atoms with Gasteiger partial charge in [0, 0.05) is 12.5 Å². The Morgan fingerprint density at radius 2 is 2.08 bits per heavy atom. The molecule has 13 heavy (non-hydrogen) atoms. The number of halogens is 2. The van der Waals surface area contributed by atoms with Crippen molar-refractivity contribution in [3.05, 3.63) is 29.3 Å². The van der Waals surface area contributed by atoms with Crippen molar-refractivity contribution in [1.29, 1.82) is 0 Å². The molecule has 4 heteroatoms. The van der Waals surface area contributed by atoms with Gasteiger partial charge in [0.2, 0.25) is 0 Å². The number of nitrogens with two attached hydrogens (primary N) is 1. The number of nitrogen functional groups attached to an aromatic ring is 1. The highest BCUT2D eigenvalue weighted by molar-refractivity contribution is 5.79. The molecule has 70 valence electrons. The number of hydrogen-bond donors (Lipinski definition) is 1. The predicted octanol–water partition coefficient (Wildman–Crippen LogP) is 1.68. The number of benzene rings is 1. The quantitative estimate of drug-likeness (QED) is 0.712. The Morgan fingerprint density at radius 1 is 1.46 bits per heavy atom. The number of rotatable bonds is 2. The summed E-state index contributed by atoms with van der Waals surface area (Å²) in [5.41, 5.74) is 5.35. The summed E-state index contributed by atoms with van der Waals surface area (Å²) in [4.78, 5) is 10.7. The minimum Gasteiger partial charge on any atom is -0.396 e. The predicted molar refractivity (Wildman–Crippen MR) is 45.2 cm³/mol. The Balaban J connectivity index is 3.12. The van der Waals surface area contributed by atoms with Crippen molar-refractivity contribution >= 4 is 11.5 Å². The first-order valence-electron chi connectivity index (χ1n) is 3.73. The normalized spacial score (nSPS) is 10.1.